The highest BCUT2D eigenvalue weighted by Crippen LogP contribution is 2.26. The van der Waals surface area contributed by atoms with E-state index >= 15 is 0 Å². The third-order valence-corrected chi connectivity index (χ3v) is 3.43. The molecule has 19 heavy (non-hydrogen) atoms. The normalized spacial score (nSPS) is 10.7. The molecule has 1 rings (SSSR count). The molecule has 0 atom stereocenters. The quantitative estimate of drug-likeness (QED) is 0.704. The second-order valence-corrected chi connectivity index (χ2v) is 5.09. The molecule has 0 heterocycles. The van der Waals surface area contributed by atoms with E-state index in [1.165, 1.54) is 11.3 Å². The Morgan fingerprint density at radius 2 is 2.16 bits per heavy atom. The van der Waals surface area contributed by atoms with Crippen molar-refractivity contribution in [3.8, 4) is 0 Å². The zero-order valence-corrected chi connectivity index (χ0v) is 13.0. The average molecular weight is 285 g/mol. The highest BCUT2D eigenvalue weighted by atomic mass is 35.5. The van der Waals surface area contributed by atoms with E-state index in [9.17, 15) is 0 Å². The van der Waals surface area contributed by atoms with E-state index in [2.05, 4.69) is 30.3 Å². The third kappa shape index (κ3) is 5.39. The molecule has 0 unspecified atom stereocenters. The molecule has 0 bridgehead atoms. The molecule has 0 aliphatic carbocycles. The van der Waals surface area contributed by atoms with Gasteiger partial charge in [0.25, 0.3) is 0 Å². The Bertz CT molecular complexity index is 371. The van der Waals surface area contributed by atoms with Crippen LogP contribution in [0.5, 0.6) is 0 Å². The Kier molecular flexibility index (Phi) is 7.87. The molecule has 0 aromatic heterocycles. The molecule has 0 amide bonds. The van der Waals surface area contributed by atoms with Gasteiger partial charge in [-0.05, 0) is 31.5 Å². The lowest BCUT2D eigenvalue weighted by Gasteiger charge is -2.23. The maximum absolute atomic E-state index is 6.32. The third-order valence-electron chi connectivity index (χ3n) is 3.08. The summed E-state index contributed by atoms with van der Waals surface area (Å²) < 4.78 is 5.10. The fraction of sp³-hybridized carbons (Fsp3) is 0.600. The van der Waals surface area contributed by atoms with Crippen LogP contribution >= 0.6 is 11.6 Å². The van der Waals surface area contributed by atoms with Gasteiger partial charge in [0.05, 0.1) is 0 Å². The molecule has 1 N–H and O–H groups in total. The maximum atomic E-state index is 6.32. The Hall–Kier alpha value is -0.770. The van der Waals surface area contributed by atoms with Crippen LogP contribution in [0.3, 0.4) is 0 Å². The minimum Gasteiger partial charge on any atom is -0.385 e. The van der Waals surface area contributed by atoms with E-state index in [1.54, 1.807) is 7.11 Å². The van der Waals surface area contributed by atoms with Crippen LogP contribution in [0.4, 0.5) is 5.69 Å². The summed E-state index contributed by atoms with van der Waals surface area (Å²) in [5.41, 5.74) is 2.38. The molecule has 4 heteroatoms. The molecule has 0 aliphatic heterocycles. The van der Waals surface area contributed by atoms with Crippen molar-refractivity contribution in [3.05, 3.63) is 28.8 Å². The molecule has 3 nitrogen and oxygen atoms in total. The SMILES string of the molecule is CCCNCc1c(Cl)cccc1N(C)CCCOC. The first-order chi connectivity index (χ1) is 9.20. The summed E-state index contributed by atoms with van der Waals surface area (Å²) in [6.45, 7) is 5.75. The lowest BCUT2D eigenvalue weighted by molar-refractivity contribution is 0.196. The lowest BCUT2D eigenvalue weighted by atomic mass is 10.1. The van der Waals surface area contributed by atoms with E-state index in [-0.39, 0.29) is 0 Å². The molecule has 0 saturated heterocycles. The number of hydrogen-bond donors (Lipinski definition) is 1. The van der Waals surface area contributed by atoms with Crippen molar-refractivity contribution in [3.63, 3.8) is 0 Å². The fourth-order valence-electron chi connectivity index (χ4n) is 2.04. The molecule has 1 aromatic carbocycles. The van der Waals surface area contributed by atoms with Crippen LogP contribution in [-0.2, 0) is 11.3 Å². The monoisotopic (exact) mass is 284 g/mol. The van der Waals surface area contributed by atoms with Crippen molar-refractivity contribution in [2.75, 3.05) is 38.8 Å². The summed E-state index contributed by atoms with van der Waals surface area (Å²) in [4.78, 5) is 2.24. The average Bonchev–Trinajstić information content (AvgIpc) is 2.41. The molecule has 0 aliphatic rings. The van der Waals surface area contributed by atoms with Gasteiger partial charge in [-0.2, -0.15) is 0 Å². The molecule has 0 fully saturated rings. The van der Waals surface area contributed by atoms with Crippen molar-refractivity contribution in [1.29, 1.82) is 0 Å². The van der Waals surface area contributed by atoms with Gasteiger partial charge in [0.1, 0.15) is 0 Å². The Morgan fingerprint density at radius 3 is 2.84 bits per heavy atom. The fourth-order valence-corrected chi connectivity index (χ4v) is 2.27. The van der Waals surface area contributed by atoms with E-state index in [1.807, 2.05) is 12.1 Å². The van der Waals surface area contributed by atoms with Gasteiger partial charge in [0, 0.05) is 50.1 Å². The molecule has 1 aromatic rings. The van der Waals surface area contributed by atoms with Crippen LogP contribution in [0, 0.1) is 0 Å². The number of hydrogen-bond acceptors (Lipinski definition) is 3. The van der Waals surface area contributed by atoms with Crippen LogP contribution in [0.2, 0.25) is 5.02 Å². The second kappa shape index (κ2) is 9.18. The summed E-state index contributed by atoms with van der Waals surface area (Å²) in [6.07, 6.45) is 2.14. The van der Waals surface area contributed by atoms with E-state index in [0.29, 0.717) is 0 Å². The van der Waals surface area contributed by atoms with Crippen LogP contribution in [-0.4, -0.2) is 33.9 Å². The van der Waals surface area contributed by atoms with Gasteiger partial charge in [-0.25, -0.2) is 0 Å². The summed E-state index contributed by atoms with van der Waals surface area (Å²) >= 11 is 6.32. The van der Waals surface area contributed by atoms with Crippen LogP contribution in [0.25, 0.3) is 0 Å². The predicted octanol–water partition coefficient (Wildman–Crippen LogP) is 3.31. The van der Waals surface area contributed by atoms with Crippen molar-refractivity contribution in [1.82, 2.24) is 5.32 Å². The second-order valence-electron chi connectivity index (χ2n) is 4.68. The summed E-state index contributed by atoms with van der Waals surface area (Å²) in [5, 5.41) is 4.25. The number of nitrogens with zero attached hydrogens (tertiary/aromatic N) is 1. The van der Waals surface area contributed by atoms with Gasteiger partial charge in [-0.3, -0.25) is 0 Å². The van der Waals surface area contributed by atoms with Gasteiger partial charge in [0.15, 0.2) is 0 Å². The van der Waals surface area contributed by atoms with Crippen molar-refractivity contribution in [2.24, 2.45) is 0 Å². The number of halogens is 1. The topological polar surface area (TPSA) is 24.5 Å². The zero-order valence-electron chi connectivity index (χ0n) is 12.2. The van der Waals surface area contributed by atoms with Gasteiger partial charge in [-0.1, -0.05) is 24.6 Å². The minimum absolute atomic E-state index is 0.786. The van der Waals surface area contributed by atoms with Crippen molar-refractivity contribution in [2.45, 2.75) is 26.3 Å². The Balaban J connectivity index is 2.71. The Morgan fingerprint density at radius 1 is 1.37 bits per heavy atom. The molecule has 0 spiro atoms. The van der Waals surface area contributed by atoms with Gasteiger partial charge in [-0.15, -0.1) is 0 Å². The predicted molar refractivity (Wildman–Crippen MR) is 83.2 cm³/mol. The first-order valence-electron chi connectivity index (χ1n) is 6.88. The van der Waals surface area contributed by atoms with Crippen LogP contribution in [0.1, 0.15) is 25.3 Å². The standard InChI is InChI=1S/C15H25ClN2O/c1-4-9-17-12-13-14(16)7-5-8-15(13)18(2)10-6-11-19-3/h5,7-8,17H,4,6,9-12H2,1-3H3. The summed E-state index contributed by atoms with van der Waals surface area (Å²) in [5.74, 6) is 0. The summed E-state index contributed by atoms with van der Waals surface area (Å²) in [6, 6.07) is 6.09. The highest BCUT2D eigenvalue weighted by Gasteiger charge is 2.10. The molecular formula is C15H25ClN2O. The number of ether oxygens (including phenoxy) is 1. The molecule has 0 radical (unpaired) electrons. The highest BCUT2D eigenvalue weighted by molar-refractivity contribution is 6.31. The van der Waals surface area contributed by atoms with Crippen molar-refractivity contribution >= 4 is 17.3 Å². The first kappa shape index (κ1) is 16.3. The number of anilines is 1. The zero-order chi connectivity index (χ0) is 14.1. The van der Waals surface area contributed by atoms with Crippen molar-refractivity contribution < 1.29 is 4.74 Å². The van der Waals surface area contributed by atoms with E-state index in [4.69, 9.17) is 16.3 Å². The minimum atomic E-state index is 0.786. The largest absolute Gasteiger partial charge is 0.385 e. The van der Waals surface area contributed by atoms with Gasteiger partial charge >= 0.3 is 0 Å². The molecule has 0 saturated carbocycles. The maximum Gasteiger partial charge on any atom is 0.0479 e. The van der Waals surface area contributed by atoms with Gasteiger partial charge < -0.3 is 15.0 Å². The van der Waals surface area contributed by atoms with Crippen LogP contribution in [0.15, 0.2) is 18.2 Å². The number of methoxy groups -OCH3 is 1. The summed E-state index contributed by atoms with van der Waals surface area (Å²) in [7, 11) is 3.84. The number of rotatable bonds is 9. The first-order valence-corrected chi connectivity index (χ1v) is 7.26. The van der Waals surface area contributed by atoms with E-state index < -0.39 is 0 Å². The number of nitrogens with one attached hydrogen (secondary N) is 1. The smallest absolute Gasteiger partial charge is 0.0479 e. The van der Waals surface area contributed by atoms with Gasteiger partial charge in [0.2, 0.25) is 0 Å². The lowest BCUT2D eigenvalue weighted by Crippen LogP contribution is -2.23. The molecule has 108 valence electrons. The van der Waals surface area contributed by atoms with Crippen LogP contribution < -0.4 is 10.2 Å². The molecular weight excluding hydrogens is 260 g/mol. The van der Waals surface area contributed by atoms with E-state index in [0.717, 1.165) is 44.1 Å². The number of benzene rings is 1. The Labute approximate surface area is 121 Å².